The van der Waals surface area contributed by atoms with E-state index in [1.807, 2.05) is 34.5 Å². The van der Waals surface area contributed by atoms with Gasteiger partial charge < -0.3 is 20.4 Å². The molecule has 2 aliphatic rings. The first-order valence-electron chi connectivity index (χ1n) is 23.8. The number of nitrogens with one attached hydrogen (secondary N) is 2. The Morgan fingerprint density at radius 2 is 1.04 bits per heavy atom. The zero-order valence-electron chi connectivity index (χ0n) is 41.5. The molecule has 0 saturated carbocycles. The normalized spacial score (nSPS) is 14.5. The second-order valence-corrected chi connectivity index (χ2v) is 18.8. The molecule has 0 bridgehead atoms. The number of amides is 2. The van der Waals surface area contributed by atoms with Crippen LogP contribution in [0.15, 0.2) is 127 Å². The van der Waals surface area contributed by atoms with Gasteiger partial charge in [0, 0.05) is 138 Å². The number of carbonyl (C=O) groups excluding carboxylic acids is 2. The van der Waals surface area contributed by atoms with Crippen molar-refractivity contribution >= 4 is 50.4 Å². The maximum atomic E-state index is 13.9. The number of likely N-dealkylation sites (N-methyl/N-ethyl adjacent to an activating group) is 2. The van der Waals surface area contributed by atoms with Crippen molar-refractivity contribution in [1.29, 1.82) is 0 Å². The van der Waals surface area contributed by atoms with E-state index in [1.165, 1.54) is 61.2 Å². The molecule has 2 aliphatic heterocycles. The standard InChI is InChI=1S/C27H24F3N7O.C21H21F3N4O.C6H4BrN3/c1-35-8-10-36(11-9-35)18-20-3-4-22(13-24(20)27(28,29)30)34-26(38)21-12-19(14-31-15-21)2-5-23-16-32-17-25-33-6-7-37(23)25;1-3-15-10-17(13-25-12-15)20(29)26-18-5-4-16(19(11-18)21(22,23)24)14-28-8-6-27(2)7-9-28;7-5-3-8-4-6-9-1-2-10(5)6/h3-4,6-7,12-17H,8-11,18H2,1H3,(H,34,38);1,4-5,10-13H,6-9,14H2,2H3,(H,26,29);1-4H. The fourth-order valence-corrected chi connectivity index (χ4v) is 8.60. The van der Waals surface area contributed by atoms with Crippen molar-refractivity contribution in [1.82, 2.24) is 58.3 Å². The topological polar surface area (TPSA) is 157 Å². The summed E-state index contributed by atoms with van der Waals surface area (Å²) >= 11 is 3.34. The summed E-state index contributed by atoms with van der Waals surface area (Å²) in [5, 5.41) is 5.05. The molecule has 0 atom stereocenters. The molecule has 2 fully saturated rings. The number of aromatic nitrogens is 8. The number of fused-ring (bicyclic) bond motifs is 2. The van der Waals surface area contributed by atoms with Gasteiger partial charge in [-0.15, -0.1) is 6.42 Å². The number of alkyl halides is 6. The van der Waals surface area contributed by atoms with Crippen molar-refractivity contribution in [2.75, 3.05) is 77.1 Å². The minimum absolute atomic E-state index is 0.0544. The van der Waals surface area contributed by atoms with E-state index < -0.39 is 35.3 Å². The van der Waals surface area contributed by atoms with E-state index in [1.54, 1.807) is 47.8 Å². The third kappa shape index (κ3) is 14.9. The molecule has 23 heteroatoms. The first kappa shape index (κ1) is 55.2. The van der Waals surface area contributed by atoms with Gasteiger partial charge in [0.05, 0.1) is 47.0 Å². The Kier molecular flexibility index (Phi) is 17.7. The van der Waals surface area contributed by atoms with E-state index in [4.69, 9.17) is 6.42 Å². The van der Waals surface area contributed by atoms with E-state index in [-0.39, 0.29) is 46.7 Å². The highest BCUT2D eigenvalue weighted by Crippen LogP contribution is 2.36. The van der Waals surface area contributed by atoms with Gasteiger partial charge in [-0.2, -0.15) is 26.3 Å². The molecule has 16 nitrogen and oxygen atoms in total. The fourth-order valence-electron chi connectivity index (χ4n) is 8.19. The van der Waals surface area contributed by atoms with Crippen LogP contribution in [-0.4, -0.2) is 137 Å². The zero-order chi connectivity index (χ0) is 54.7. The predicted octanol–water partition coefficient (Wildman–Crippen LogP) is 8.12. The molecule has 10 rings (SSSR count). The number of anilines is 2. The molecule has 2 saturated heterocycles. The Morgan fingerprint density at radius 1 is 0.584 bits per heavy atom. The van der Waals surface area contributed by atoms with Crippen LogP contribution in [-0.2, 0) is 25.4 Å². The van der Waals surface area contributed by atoms with Crippen molar-refractivity contribution in [2.45, 2.75) is 25.4 Å². The second kappa shape index (κ2) is 24.7. The Labute approximate surface area is 447 Å². The van der Waals surface area contributed by atoms with Crippen molar-refractivity contribution in [3.63, 3.8) is 0 Å². The minimum Gasteiger partial charge on any atom is -0.322 e. The number of carbonyl (C=O) groups is 2. The first-order valence-corrected chi connectivity index (χ1v) is 24.6. The summed E-state index contributed by atoms with van der Waals surface area (Å²) in [4.78, 5) is 57.7. The highest BCUT2D eigenvalue weighted by molar-refractivity contribution is 9.10. The van der Waals surface area contributed by atoms with Gasteiger partial charge in [0.25, 0.3) is 11.8 Å². The van der Waals surface area contributed by atoms with Crippen molar-refractivity contribution in [2.24, 2.45) is 0 Å². The molecule has 6 aromatic heterocycles. The predicted molar refractivity (Wildman–Crippen MR) is 280 cm³/mol. The van der Waals surface area contributed by atoms with E-state index in [0.29, 0.717) is 48.6 Å². The molecule has 2 N–H and O–H groups in total. The van der Waals surface area contributed by atoms with Gasteiger partial charge in [-0.3, -0.25) is 48.1 Å². The Hall–Kier alpha value is -8.06. The Morgan fingerprint density at radius 3 is 1.53 bits per heavy atom. The summed E-state index contributed by atoms with van der Waals surface area (Å²) in [6, 6.07) is 10.8. The molecule has 8 heterocycles. The summed E-state index contributed by atoms with van der Waals surface area (Å²) in [5.41, 5.74) is 2.33. The molecule has 396 valence electrons. The molecular formula is C54H49BrF6N14O2. The number of terminal acetylenes is 1. The summed E-state index contributed by atoms with van der Waals surface area (Å²) in [6.45, 7) is 6.50. The number of hydrogen-bond donors (Lipinski definition) is 2. The van der Waals surface area contributed by atoms with Crippen LogP contribution in [0, 0.1) is 24.2 Å². The van der Waals surface area contributed by atoms with E-state index >= 15 is 0 Å². The largest absolute Gasteiger partial charge is 0.416 e. The highest BCUT2D eigenvalue weighted by Gasteiger charge is 2.36. The molecule has 2 aromatic carbocycles. The molecule has 77 heavy (non-hydrogen) atoms. The number of imidazole rings is 2. The first-order chi connectivity index (χ1) is 36.9. The van der Waals surface area contributed by atoms with Crippen LogP contribution in [0.25, 0.3) is 11.3 Å². The number of pyridine rings is 2. The molecule has 8 aromatic rings. The second-order valence-electron chi connectivity index (χ2n) is 18.0. The summed E-state index contributed by atoms with van der Waals surface area (Å²) in [6.07, 6.45) is 15.4. The summed E-state index contributed by atoms with van der Waals surface area (Å²) in [7, 11) is 3.98. The van der Waals surface area contributed by atoms with Crippen molar-refractivity contribution < 1.29 is 35.9 Å². The lowest BCUT2D eigenvalue weighted by Crippen LogP contribution is -2.44. The van der Waals surface area contributed by atoms with Gasteiger partial charge in [0.2, 0.25) is 0 Å². The summed E-state index contributed by atoms with van der Waals surface area (Å²) < 4.78 is 87.2. The van der Waals surface area contributed by atoms with E-state index in [0.717, 1.165) is 48.6 Å². The van der Waals surface area contributed by atoms with E-state index in [9.17, 15) is 35.9 Å². The third-order valence-electron chi connectivity index (χ3n) is 12.4. The number of hydrogen-bond acceptors (Lipinski definition) is 12. The van der Waals surface area contributed by atoms with Gasteiger partial charge in [-0.1, -0.05) is 24.0 Å². The molecule has 0 spiro atoms. The summed E-state index contributed by atoms with van der Waals surface area (Å²) in [5.74, 6) is 7.13. The zero-order valence-corrected chi connectivity index (χ0v) is 43.1. The number of rotatable bonds is 8. The van der Waals surface area contributed by atoms with Crippen LogP contribution in [0.3, 0.4) is 0 Å². The average Bonchev–Trinajstić information content (AvgIpc) is 4.13. The molecule has 0 radical (unpaired) electrons. The van der Waals surface area contributed by atoms with E-state index in [2.05, 4.69) is 84.0 Å². The number of nitrogens with zero attached hydrogens (tertiary/aromatic N) is 12. The monoisotopic (exact) mass is 1120 g/mol. The quantitative estimate of drug-likeness (QED) is 0.112. The maximum absolute atomic E-state index is 13.9. The number of benzene rings is 2. The number of piperazine rings is 2. The van der Waals surface area contributed by atoms with Gasteiger partial charge in [-0.25, -0.2) is 9.97 Å². The van der Waals surface area contributed by atoms with Gasteiger partial charge in [0.15, 0.2) is 11.3 Å². The minimum atomic E-state index is -4.55. The maximum Gasteiger partial charge on any atom is 0.416 e. The molecule has 0 aliphatic carbocycles. The van der Waals surface area contributed by atoms with Gasteiger partial charge >= 0.3 is 12.4 Å². The molecule has 2 amide bonds. The van der Waals surface area contributed by atoms with Crippen LogP contribution in [0.5, 0.6) is 0 Å². The lowest BCUT2D eigenvalue weighted by atomic mass is 10.0. The SMILES string of the molecule is Brc1cncc2nccn12.C#Cc1cncc(C(=O)Nc2ccc(CN3CCN(C)CC3)c(C(F)(F)F)c2)c1.CN1CCN(Cc2ccc(NC(=O)c3cncc(C#Cc4cncc5nccn45)c3)cc2C(F)(F)F)CC1. The van der Waals surface area contributed by atoms with Crippen molar-refractivity contribution in [3.8, 4) is 24.2 Å². The Bertz CT molecular complexity index is 3480. The van der Waals surface area contributed by atoms with Gasteiger partial charge in [0.1, 0.15) is 10.3 Å². The van der Waals surface area contributed by atoms with Crippen LogP contribution >= 0.6 is 15.9 Å². The highest BCUT2D eigenvalue weighted by atomic mass is 79.9. The van der Waals surface area contributed by atoms with Crippen LogP contribution in [0.4, 0.5) is 37.7 Å². The lowest BCUT2D eigenvalue weighted by molar-refractivity contribution is -0.139. The number of halogens is 7. The third-order valence-corrected chi connectivity index (χ3v) is 13.0. The van der Waals surface area contributed by atoms with Gasteiger partial charge in [-0.05, 0) is 83.5 Å². The average molecular weight is 1120 g/mol. The van der Waals surface area contributed by atoms with Crippen LogP contribution < -0.4 is 10.6 Å². The van der Waals surface area contributed by atoms with Crippen LogP contribution in [0.2, 0.25) is 0 Å². The molecular weight excluding hydrogens is 1070 g/mol. The molecule has 0 unspecified atom stereocenters. The smallest absolute Gasteiger partial charge is 0.322 e. The Balaban J connectivity index is 0.000000176. The van der Waals surface area contributed by atoms with Crippen LogP contribution in [0.1, 0.15) is 59.8 Å². The van der Waals surface area contributed by atoms with Crippen molar-refractivity contribution in [3.05, 3.63) is 178 Å². The fraction of sp³-hybridized carbons (Fsp3) is 0.259. The lowest BCUT2D eigenvalue weighted by Gasteiger charge is -2.33.